The maximum absolute atomic E-state index is 13.0. The molecular formula is C24H29F3N2O3S. The van der Waals surface area contributed by atoms with Crippen LogP contribution in [0.3, 0.4) is 0 Å². The van der Waals surface area contributed by atoms with Crippen molar-refractivity contribution in [2.45, 2.75) is 57.1 Å². The quantitative estimate of drug-likeness (QED) is 0.661. The Kier molecular flexibility index (Phi) is 7.53. The average molecular weight is 483 g/mol. The molecular weight excluding hydrogens is 453 g/mol. The number of halogens is 3. The third-order valence-electron chi connectivity index (χ3n) is 6.04. The first kappa shape index (κ1) is 25.2. The summed E-state index contributed by atoms with van der Waals surface area (Å²) in [5, 5.41) is 3.02. The molecule has 3 rings (SSSR count). The summed E-state index contributed by atoms with van der Waals surface area (Å²) >= 11 is 0. The van der Waals surface area contributed by atoms with E-state index in [0.717, 1.165) is 28.1 Å². The Labute approximate surface area is 193 Å². The summed E-state index contributed by atoms with van der Waals surface area (Å²) < 4.78 is 65.7. The lowest BCUT2D eigenvalue weighted by molar-refractivity contribution is -0.137. The van der Waals surface area contributed by atoms with Gasteiger partial charge in [0.05, 0.1) is 10.5 Å². The molecule has 5 nitrogen and oxygen atoms in total. The summed E-state index contributed by atoms with van der Waals surface area (Å²) in [5.74, 6) is -0.456. The molecule has 1 aliphatic rings. The Balaban J connectivity index is 1.58. The lowest BCUT2D eigenvalue weighted by atomic mass is 9.95. The van der Waals surface area contributed by atoms with Crippen molar-refractivity contribution in [3.63, 3.8) is 0 Å². The van der Waals surface area contributed by atoms with Crippen LogP contribution in [0.2, 0.25) is 0 Å². The highest BCUT2D eigenvalue weighted by Crippen LogP contribution is 2.32. The number of alkyl halides is 3. The summed E-state index contributed by atoms with van der Waals surface area (Å²) in [6.07, 6.45) is -3.29. The summed E-state index contributed by atoms with van der Waals surface area (Å²) in [6.45, 7) is 6.17. The van der Waals surface area contributed by atoms with Crippen LogP contribution in [-0.4, -0.2) is 37.8 Å². The Morgan fingerprint density at radius 1 is 1.12 bits per heavy atom. The van der Waals surface area contributed by atoms with E-state index >= 15 is 0 Å². The summed E-state index contributed by atoms with van der Waals surface area (Å²) in [7, 11) is -4.06. The van der Waals surface area contributed by atoms with E-state index in [2.05, 4.69) is 17.4 Å². The van der Waals surface area contributed by atoms with Crippen LogP contribution in [0.15, 0.2) is 47.4 Å². The Hall–Kier alpha value is -2.39. The molecule has 0 aliphatic carbocycles. The first-order valence-electron chi connectivity index (χ1n) is 10.9. The van der Waals surface area contributed by atoms with E-state index in [0.29, 0.717) is 25.3 Å². The van der Waals surface area contributed by atoms with Crippen molar-refractivity contribution in [2.75, 3.05) is 13.1 Å². The minimum absolute atomic E-state index is 0.0780. The molecule has 0 saturated carbocycles. The number of piperidine rings is 1. The molecule has 33 heavy (non-hydrogen) atoms. The number of carbonyl (C=O) groups excluding carboxylic acids is 1. The molecule has 1 aliphatic heterocycles. The number of nitrogens with zero attached hydrogens (tertiary/aromatic N) is 1. The topological polar surface area (TPSA) is 66.5 Å². The van der Waals surface area contributed by atoms with E-state index in [9.17, 15) is 26.4 Å². The summed E-state index contributed by atoms with van der Waals surface area (Å²) in [5.41, 5.74) is 2.51. The van der Waals surface area contributed by atoms with E-state index in [-0.39, 0.29) is 35.9 Å². The number of amides is 1. The van der Waals surface area contributed by atoms with Crippen LogP contribution in [0.1, 0.15) is 42.0 Å². The van der Waals surface area contributed by atoms with Gasteiger partial charge in [0.1, 0.15) is 0 Å². The maximum atomic E-state index is 13.0. The van der Waals surface area contributed by atoms with E-state index in [1.54, 1.807) is 0 Å². The van der Waals surface area contributed by atoms with Crippen LogP contribution < -0.4 is 5.32 Å². The lowest BCUT2D eigenvalue weighted by Crippen LogP contribution is -2.45. The fourth-order valence-corrected chi connectivity index (χ4v) is 5.67. The standard InChI is InChI=1S/C24H29F3N2O3S/c1-16-7-8-20(17(2)13-16)14-18(3)28-23(30)19-9-11-29(12-10-19)33(31,32)22-6-4-5-21(15-22)24(25,26)27/h4-8,13,15,18-19H,9-12,14H2,1-3H3,(H,28,30). The zero-order valence-corrected chi connectivity index (χ0v) is 19.8. The van der Waals surface area contributed by atoms with Gasteiger partial charge in [0.15, 0.2) is 0 Å². The van der Waals surface area contributed by atoms with Gasteiger partial charge in [-0.05, 0) is 69.4 Å². The van der Waals surface area contributed by atoms with Gasteiger partial charge in [0.2, 0.25) is 15.9 Å². The molecule has 2 aromatic rings. The highest BCUT2D eigenvalue weighted by atomic mass is 32.2. The molecule has 1 saturated heterocycles. The molecule has 1 amide bonds. The van der Waals surface area contributed by atoms with Gasteiger partial charge in [-0.1, -0.05) is 29.8 Å². The molecule has 1 atom stereocenters. The number of rotatable bonds is 6. The van der Waals surface area contributed by atoms with Crippen molar-refractivity contribution in [1.29, 1.82) is 0 Å². The summed E-state index contributed by atoms with van der Waals surface area (Å²) in [6, 6.07) is 9.88. The van der Waals surface area contributed by atoms with Gasteiger partial charge in [0, 0.05) is 25.0 Å². The molecule has 1 fully saturated rings. The lowest BCUT2D eigenvalue weighted by Gasteiger charge is -2.31. The van der Waals surface area contributed by atoms with Gasteiger partial charge in [-0.3, -0.25) is 4.79 Å². The molecule has 1 heterocycles. The summed E-state index contributed by atoms with van der Waals surface area (Å²) in [4.78, 5) is 12.3. The monoisotopic (exact) mass is 482 g/mol. The zero-order valence-electron chi connectivity index (χ0n) is 18.9. The number of hydrogen-bond donors (Lipinski definition) is 1. The third kappa shape index (κ3) is 6.14. The van der Waals surface area contributed by atoms with E-state index in [1.807, 2.05) is 26.8 Å². The molecule has 2 aromatic carbocycles. The highest BCUT2D eigenvalue weighted by molar-refractivity contribution is 7.89. The number of benzene rings is 2. The van der Waals surface area contributed by atoms with Gasteiger partial charge in [-0.2, -0.15) is 17.5 Å². The smallest absolute Gasteiger partial charge is 0.353 e. The molecule has 0 spiro atoms. The second kappa shape index (κ2) is 9.85. The van der Waals surface area contributed by atoms with E-state index in [4.69, 9.17) is 0 Å². The molecule has 1 unspecified atom stereocenters. The van der Waals surface area contributed by atoms with Gasteiger partial charge in [0.25, 0.3) is 0 Å². The number of nitrogens with one attached hydrogen (secondary N) is 1. The Morgan fingerprint density at radius 3 is 2.39 bits per heavy atom. The number of carbonyl (C=O) groups is 1. The molecule has 1 N–H and O–H groups in total. The second-order valence-electron chi connectivity index (χ2n) is 8.75. The van der Waals surface area contributed by atoms with Crippen LogP contribution in [0, 0.1) is 19.8 Å². The van der Waals surface area contributed by atoms with Crippen LogP contribution in [0.4, 0.5) is 13.2 Å². The molecule has 0 radical (unpaired) electrons. The van der Waals surface area contributed by atoms with Crippen molar-refractivity contribution in [3.05, 3.63) is 64.7 Å². The fraction of sp³-hybridized carbons (Fsp3) is 0.458. The Morgan fingerprint density at radius 2 is 1.79 bits per heavy atom. The van der Waals surface area contributed by atoms with Crippen molar-refractivity contribution >= 4 is 15.9 Å². The second-order valence-corrected chi connectivity index (χ2v) is 10.7. The number of hydrogen-bond acceptors (Lipinski definition) is 3. The molecule has 180 valence electrons. The van der Waals surface area contributed by atoms with E-state index < -0.39 is 21.8 Å². The van der Waals surface area contributed by atoms with Gasteiger partial charge < -0.3 is 5.32 Å². The van der Waals surface area contributed by atoms with Crippen LogP contribution >= 0.6 is 0 Å². The van der Waals surface area contributed by atoms with Gasteiger partial charge in [-0.25, -0.2) is 8.42 Å². The predicted octanol–water partition coefficient (Wildman–Crippen LogP) is 4.47. The largest absolute Gasteiger partial charge is 0.416 e. The minimum Gasteiger partial charge on any atom is -0.353 e. The van der Waals surface area contributed by atoms with Crippen LogP contribution in [0.5, 0.6) is 0 Å². The SMILES string of the molecule is Cc1ccc(CC(C)NC(=O)C2CCN(S(=O)(=O)c3cccc(C(F)(F)F)c3)CC2)c(C)c1. The highest BCUT2D eigenvalue weighted by Gasteiger charge is 2.35. The number of sulfonamides is 1. The van der Waals surface area contributed by atoms with Crippen molar-refractivity contribution in [2.24, 2.45) is 5.92 Å². The Bertz CT molecular complexity index is 1110. The predicted molar refractivity (Wildman–Crippen MR) is 120 cm³/mol. The fourth-order valence-electron chi connectivity index (χ4n) is 4.16. The normalized spacial score (nSPS) is 17.0. The van der Waals surface area contributed by atoms with Crippen molar-refractivity contribution < 1.29 is 26.4 Å². The first-order valence-corrected chi connectivity index (χ1v) is 12.4. The van der Waals surface area contributed by atoms with Gasteiger partial charge in [-0.15, -0.1) is 0 Å². The first-order chi connectivity index (χ1) is 15.4. The van der Waals surface area contributed by atoms with Crippen molar-refractivity contribution in [1.82, 2.24) is 9.62 Å². The molecule has 9 heteroatoms. The third-order valence-corrected chi connectivity index (χ3v) is 7.93. The van der Waals surface area contributed by atoms with Gasteiger partial charge >= 0.3 is 6.18 Å². The minimum atomic E-state index is -4.62. The van der Waals surface area contributed by atoms with Crippen molar-refractivity contribution in [3.8, 4) is 0 Å². The van der Waals surface area contributed by atoms with E-state index in [1.165, 1.54) is 11.1 Å². The van der Waals surface area contributed by atoms with Crippen LogP contribution in [0.25, 0.3) is 0 Å². The maximum Gasteiger partial charge on any atom is 0.416 e. The molecule has 0 aromatic heterocycles. The average Bonchev–Trinajstić information content (AvgIpc) is 2.75. The molecule has 0 bridgehead atoms. The van der Waals surface area contributed by atoms with Crippen LogP contribution in [-0.2, 0) is 27.4 Å². The zero-order chi connectivity index (χ0) is 24.4. The number of aryl methyl sites for hydroxylation is 2.